The molecule has 0 unspecified atom stereocenters. The molecule has 0 fully saturated rings. The summed E-state index contributed by atoms with van der Waals surface area (Å²) in [5.41, 5.74) is 1.32. The molecule has 0 saturated heterocycles. The fourth-order valence-electron chi connectivity index (χ4n) is 2.03. The number of aromatic nitrogens is 1. The predicted octanol–water partition coefficient (Wildman–Crippen LogP) is 1.89. The van der Waals surface area contributed by atoms with Crippen molar-refractivity contribution < 1.29 is 14.6 Å². The summed E-state index contributed by atoms with van der Waals surface area (Å²) in [7, 11) is 3.38. The van der Waals surface area contributed by atoms with Gasteiger partial charge in [-0.2, -0.15) is 0 Å². The summed E-state index contributed by atoms with van der Waals surface area (Å²) in [6.07, 6.45) is 1.08. The van der Waals surface area contributed by atoms with Crippen LogP contribution in [0.4, 0.5) is 10.5 Å². The number of hydrogen-bond acceptors (Lipinski definition) is 3. The summed E-state index contributed by atoms with van der Waals surface area (Å²) >= 11 is 0. The first-order valence-corrected chi connectivity index (χ1v) is 6.59. The quantitative estimate of drug-likeness (QED) is 0.787. The maximum atomic E-state index is 11.8. The minimum atomic E-state index is -0.756. The Hall–Kier alpha value is -2.47. The maximum absolute atomic E-state index is 11.8. The molecule has 6 heteroatoms. The van der Waals surface area contributed by atoms with Crippen LogP contribution in [0.5, 0.6) is 5.75 Å². The molecule has 0 aliphatic carbocycles. The number of aliphatic hydroxyl groups excluding tert-OH is 1. The summed E-state index contributed by atoms with van der Waals surface area (Å²) in [5, 5.41) is 15.3. The number of aryl methyl sites for hydroxylation is 1. The second-order valence-corrected chi connectivity index (χ2v) is 4.60. The molecule has 2 rings (SSSR count). The first-order chi connectivity index (χ1) is 10.1. The van der Waals surface area contributed by atoms with Crippen molar-refractivity contribution in [1.29, 1.82) is 0 Å². The molecule has 0 radical (unpaired) electrons. The zero-order valence-electron chi connectivity index (χ0n) is 12.0. The van der Waals surface area contributed by atoms with Gasteiger partial charge in [0.25, 0.3) is 0 Å². The third kappa shape index (κ3) is 3.76. The predicted molar refractivity (Wildman–Crippen MR) is 80.4 cm³/mol. The van der Waals surface area contributed by atoms with E-state index in [1.807, 2.05) is 36.0 Å². The maximum Gasteiger partial charge on any atom is 0.319 e. The molecule has 1 aromatic heterocycles. The third-order valence-corrected chi connectivity index (χ3v) is 3.14. The number of para-hydroxylation sites is 2. The van der Waals surface area contributed by atoms with E-state index in [0.717, 1.165) is 5.69 Å². The number of hydrogen-bond donors (Lipinski definition) is 3. The number of methoxy groups -OCH3 is 1. The molecule has 21 heavy (non-hydrogen) atoms. The monoisotopic (exact) mass is 289 g/mol. The fourth-order valence-corrected chi connectivity index (χ4v) is 2.03. The molecule has 0 spiro atoms. The van der Waals surface area contributed by atoms with E-state index in [1.165, 1.54) is 7.11 Å². The number of benzene rings is 1. The van der Waals surface area contributed by atoms with Crippen LogP contribution in [0, 0.1) is 0 Å². The highest BCUT2D eigenvalue weighted by molar-refractivity contribution is 5.90. The van der Waals surface area contributed by atoms with E-state index in [2.05, 4.69) is 10.6 Å². The van der Waals surface area contributed by atoms with Gasteiger partial charge < -0.3 is 25.0 Å². The van der Waals surface area contributed by atoms with Crippen molar-refractivity contribution in [3.63, 3.8) is 0 Å². The van der Waals surface area contributed by atoms with Crippen LogP contribution in [0.1, 0.15) is 11.8 Å². The van der Waals surface area contributed by atoms with Gasteiger partial charge in [-0.05, 0) is 24.3 Å². The lowest BCUT2D eigenvalue weighted by atomic mass is 10.2. The van der Waals surface area contributed by atoms with Crippen molar-refractivity contribution in [1.82, 2.24) is 9.88 Å². The van der Waals surface area contributed by atoms with Gasteiger partial charge in [-0.3, -0.25) is 0 Å². The second-order valence-electron chi connectivity index (χ2n) is 4.60. The van der Waals surface area contributed by atoms with E-state index in [9.17, 15) is 9.90 Å². The van der Waals surface area contributed by atoms with Gasteiger partial charge >= 0.3 is 6.03 Å². The summed E-state index contributed by atoms with van der Waals surface area (Å²) in [4.78, 5) is 11.8. The van der Waals surface area contributed by atoms with Crippen molar-refractivity contribution in [2.24, 2.45) is 7.05 Å². The number of carbonyl (C=O) groups excluding carboxylic acids is 1. The average Bonchev–Trinajstić information content (AvgIpc) is 2.91. The third-order valence-electron chi connectivity index (χ3n) is 3.14. The number of amides is 2. The highest BCUT2D eigenvalue weighted by Gasteiger charge is 2.12. The molecule has 2 aromatic rings. The summed E-state index contributed by atoms with van der Waals surface area (Å²) in [6.45, 7) is 0.124. The number of aliphatic hydroxyl groups is 1. The van der Waals surface area contributed by atoms with Crippen LogP contribution in [-0.2, 0) is 7.05 Å². The minimum Gasteiger partial charge on any atom is -0.495 e. The topological polar surface area (TPSA) is 75.5 Å². The van der Waals surface area contributed by atoms with Crippen LogP contribution in [-0.4, -0.2) is 29.4 Å². The standard InChI is InChI=1S/C15H19N3O3/c1-18-9-5-7-12(18)13(19)10-16-15(20)17-11-6-3-4-8-14(11)21-2/h3-9,13,19H,10H2,1-2H3,(H2,16,17,20)/t13-/m0/s1. The molecule has 0 saturated carbocycles. The molecular formula is C15H19N3O3. The van der Waals surface area contributed by atoms with Gasteiger partial charge in [-0.15, -0.1) is 0 Å². The Balaban J connectivity index is 1.89. The number of nitrogens with one attached hydrogen (secondary N) is 2. The first-order valence-electron chi connectivity index (χ1n) is 6.59. The number of nitrogens with zero attached hydrogens (tertiary/aromatic N) is 1. The first kappa shape index (κ1) is 14.9. The van der Waals surface area contributed by atoms with Gasteiger partial charge in [0.2, 0.25) is 0 Å². The molecule has 3 N–H and O–H groups in total. The van der Waals surface area contributed by atoms with Crippen LogP contribution in [0.3, 0.4) is 0 Å². The van der Waals surface area contributed by atoms with Crippen LogP contribution in [0.25, 0.3) is 0 Å². The number of ether oxygens (including phenoxy) is 1. The molecule has 6 nitrogen and oxygen atoms in total. The van der Waals surface area contributed by atoms with Crippen LogP contribution >= 0.6 is 0 Å². The van der Waals surface area contributed by atoms with E-state index in [-0.39, 0.29) is 6.54 Å². The molecule has 0 aliphatic heterocycles. The Morgan fingerprint density at radius 2 is 2.10 bits per heavy atom. The van der Waals surface area contributed by atoms with Gasteiger partial charge in [0, 0.05) is 18.9 Å². The summed E-state index contributed by atoms with van der Waals surface area (Å²) in [5.74, 6) is 0.579. The van der Waals surface area contributed by atoms with E-state index in [4.69, 9.17) is 4.74 Å². The van der Waals surface area contributed by atoms with Crippen molar-refractivity contribution >= 4 is 11.7 Å². The van der Waals surface area contributed by atoms with Gasteiger partial charge in [-0.1, -0.05) is 12.1 Å². The minimum absolute atomic E-state index is 0.124. The van der Waals surface area contributed by atoms with E-state index < -0.39 is 12.1 Å². The van der Waals surface area contributed by atoms with Gasteiger partial charge in [0.05, 0.1) is 19.3 Å². The van der Waals surface area contributed by atoms with E-state index in [1.54, 1.807) is 18.2 Å². The summed E-state index contributed by atoms with van der Waals surface area (Å²) in [6, 6.07) is 10.4. The van der Waals surface area contributed by atoms with Crippen LogP contribution in [0.15, 0.2) is 42.6 Å². The fraction of sp³-hybridized carbons (Fsp3) is 0.267. The van der Waals surface area contributed by atoms with Gasteiger partial charge in [0.15, 0.2) is 0 Å². The number of anilines is 1. The number of rotatable bonds is 5. The lowest BCUT2D eigenvalue weighted by molar-refractivity contribution is 0.167. The van der Waals surface area contributed by atoms with Crippen LogP contribution < -0.4 is 15.4 Å². The zero-order valence-corrected chi connectivity index (χ0v) is 12.0. The zero-order chi connectivity index (χ0) is 15.2. The van der Waals surface area contributed by atoms with Crippen LogP contribution in [0.2, 0.25) is 0 Å². The van der Waals surface area contributed by atoms with E-state index >= 15 is 0 Å². The molecule has 112 valence electrons. The van der Waals surface area contributed by atoms with E-state index in [0.29, 0.717) is 11.4 Å². The van der Waals surface area contributed by atoms with Crippen molar-refractivity contribution in [3.05, 3.63) is 48.3 Å². The molecule has 1 heterocycles. The SMILES string of the molecule is COc1ccccc1NC(=O)NC[C@H](O)c1cccn1C. The van der Waals surface area contributed by atoms with Crippen molar-refractivity contribution in [2.45, 2.75) is 6.10 Å². The Morgan fingerprint density at radius 1 is 1.33 bits per heavy atom. The number of carbonyl (C=O) groups is 1. The molecular weight excluding hydrogens is 270 g/mol. The normalized spacial score (nSPS) is 11.8. The molecule has 1 aromatic carbocycles. The molecule has 2 amide bonds. The largest absolute Gasteiger partial charge is 0.495 e. The second kappa shape index (κ2) is 6.81. The Morgan fingerprint density at radius 3 is 2.76 bits per heavy atom. The van der Waals surface area contributed by atoms with Gasteiger partial charge in [0.1, 0.15) is 11.9 Å². The van der Waals surface area contributed by atoms with Gasteiger partial charge in [-0.25, -0.2) is 4.79 Å². The number of urea groups is 1. The Kier molecular flexibility index (Phi) is 4.84. The Labute approximate surface area is 123 Å². The van der Waals surface area contributed by atoms with Crippen molar-refractivity contribution in [2.75, 3.05) is 19.0 Å². The smallest absolute Gasteiger partial charge is 0.319 e. The van der Waals surface area contributed by atoms with Crippen molar-refractivity contribution in [3.8, 4) is 5.75 Å². The lowest BCUT2D eigenvalue weighted by Gasteiger charge is -2.14. The average molecular weight is 289 g/mol. The lowest BCUT2D eigenvalue weighted by Crippen LogP contribution is -2.32. The molecule has 0 aliphatic rings. The Bertz CT molecular complexity index is 610. The highest BCUT2D eigenvalue weighted by atomic mass is 16.5. The summed E-state index contributed by atoms with van der Waals surface area (Å²) < 4.78 is 6.96. The highest BCUT2D eigenvalue weighted by Crippen LogP contribution is 2.22. The molecule has 0 bridgehead atoms. The molecule has 1 atom stereocenters.